The highest BCUT2D eigenvalue weighted by Gasteiger charge is 2.42. The van der Waals surface area contributed by atoms with Gasteiger partial charge in [-0.2, -0.15) is 5.26 Å². The Labute approximate surface area is 91.8 Å². The van der Waals surface area contributed by atoms with E-state index in [2.05, 4.69) is 11.4 Å². The molecule has 15 heavy (non-hydrogen) atoms. The maximum atomic E-state index is 8.90. The van der Waals surface area contributed by atoms with Crippen molar-refractivity contribution in [3.63, 3.8) is 0 Å². The first-order valence-corrected chi connectivity index (χ1v) is 6.04. The van der Waals surface area contributed by atoms with Gasteiger partial charge in [-0.15, -0.1) is 0 Å². The summed E-state index contributed by atoms with van der Waals surface area (Å²) in [5.74, 6) is 0.837. The van der Waals surface area contributed by atoms with E-state index in [1.807, 2.05) is 0 Å². The summed E-state index contributed by atoms with van der Waals surface area (Å²) in [5, 5.41) is 12.3. The van der Waals surface area contributed by atoms with Crippen LogP contribution < -0.4 is 5.32 Å². The third-order valence-electron chi connectivity index (χ3n) is 3.62. The number of rotatable bonds is 5. The van der Waals surface area contributed by atoms with E-state index >= 15 is 0 Å². The van der Waals surface area contributed by atoms with Gasteiger partial charge in [-0.05, 0) is 44.6 Å². The van der Waals surface area contributed by atoms with Gasteiger partial charge in [0.2, 0.25) is 0 Å². The van der Waals surface area contributed by atoms with E-state index in [0.29, 0.717) is 0 Å². The molecule has 0 aromatic heterocycles. The molecule has 1 saturated heterocycles. The van der Waals surface area contributed by atoms with Crippen LogP contribution in [0.3, 0.4) is 0 Å². The summed E-state index contributed by atoms with van der Waals surface area (Å²) < 4.78 is 5.32. The van der Waals surface area contributed by atoms with Gasteiger partial charge in [0.05, 0.1) is 11.5 Å². The zero-order valence-corrected chi connectivity index (χ0v) is 9.30. The molecule has 1 N–H and O–H groups in total. The van der Waals surface area contributed by atoms with Crippen LogP contribution in [0.5, 0.6) is 0 Å². The van der Waals surface area contributed by atoms with Gasteiger partial charge >= 0.3 is 0 Å². The maximum absolute atomic E-state index is 8.90. The van der Waals surface area contributed by atoms with Crippen LogP contribution in [0.4, 0.5) is 0 Å². The van der Waals surface area contributed by atoms with Crippen molar-refractivity contribution in [2.24, 2.45) is 11.3 Å². The van der Waals surface area contributed by atoms with Crippen LogP contribution in [-0.2, 0) is 4.74 Å². The van der Waals surface area contributed by atoms with Crippen LogP contribution in [-0.4, -0.2) is 26.3 Å². The van der Waals surface area contributed by atoms with Crippen molar-refractivity contribution < 1.29 is 4.74 Å². The Balaban J connectivity index is 1.53. The van der Waals surface area contributed by atoms with Gasteiger partial charge in [-0.3, -0.25) is 0 Å². The Bertz CT molecular complexity index is 236. The van der Waals surface area contributed by atoms with E-state index < -0.39 is 0 Å². The molecule has 3 heteroatoms. The predicted octanol–water partition coefficient (Wildman–Crippen LogP) is 1.70. The average Bonchev–Trinajstić information content (AvgIpc) is 3.07. The minimum atomic E-state index is 0.00960. The molecule has 0 bridgehead atoms. The summed E-state index contributed by atoms with van der Waals surface area (Å²) in [6.07, 6.45) is 5.85. The Hall–Kier alpha value is -0.590. The van der Waals surface area contributed by atoms with Gasteiger partial charge in [0, 0.05) is 19.8 Å². The fourth-order valence-electron chi connectivity index (χ4n) is 2.15. The van der Waals surface area contributed by atoms with Crippen molar-refractivity contribution in [3.8, 4) is 6.07 Å². The van der Waals surface area contributed by atoms with E-state index in [0.717, 1.165) is 45.1 Å². The highest BCUT2D eigenvalue weighted by atomic mass is 16.5. The molecule has 2 fully saturated rings. The summed E-state index contributed by atoms with van der Waals surface area (Å²) in [5.41, 5.74) is 0.00960. The molecule has 84 valence electrons. The molecule has 2 rings (SSSR count). The predicted molar refractivity (Wildman–Crippen MR) is 58.3 cm³/mol. The molecule has 3 nitrogen and oxygen atoms in total. The SMILES string of the molecule is N#CC1(CNCCC2CCOCC2)CC1. The van der Waals surface area contributed by atoms with Crippen molar-refractivity contribution in [2.75, 3.05) is 26.3 Å². The first kappa shape index (κ1) is 10.9. The molecule has 0 radical (unpaired) electrons. The fraction of sp³-hybridized carbons (Fsp3) is 0.917. The molecule has 0 amide bonds. The highest BCUT2D eigenvalue weighted by molar-refractivity contribution is 5.10. The maximum Gasteiger partial charge on any atom is 0.0703 e. The monoisotopic (exact) mass is 208 g/mol. The van der Waals surface area contributed by atoms with Gasteiger partial charge in [-0.25, -0.2) is 0 Å². The van der Waals surface area contributed by atoms with Crippen LogP contribution in [0.25, 0.3) is 0 Å². The van der Waals surface area contributed by atoms with Gasteiger partial charge in [0.15, 0.2) is 0 Å². The molecule has 2 aliphatic rings. The summed E-state index contributed by atoms with van der Waals surface area (Å²) in [6, 6.07) is 2.41. The number of nitrogens with one attached hydrogen (secondary N) is 1. The second-order valence-electron chi connectivity index (χ2n) is 4.91. The van der Waals surface area contributed by atoms with Crippen LogP contribution in [0, 0.1) is 22.7 Å². The summed E-state index contributed by atoms with van der Waals surface area (Å²) in [6.45, 7) is 3.83. The molecule has 0 atom stereocenters. The minimum absolute atomic E-state index is 0.00960. The molecule has 1 aliphatic carbocycles. The molecule has 1 heterocycles. The van der Waals surface area contributed by atoms with E-state index in [9.17, 15) is 0 Å². The standard InChI is InChI=1S/C12H20N2O/c13-9-12(4-5-12)10-14-6-1-11-2-7-15-8-3-11/h11,14H,1-8,10H2. The third kappa shape index (κ3) is 3.19. The number of nitrogens with zero attached hydrogens (tertiary/aromatic N) is 1. The van der Waals surface area contributed by atoms with E-state index in [1.54, 1.807) is 0 Å². The fourth-order valence-corrected chi connectivity index (χ4v) is 2.15. The number of hydrogen-bond donors (Lipinski definition) is 1. The normalized spacial score (nSPS) is 24.7. The first-order valence-electron chi connectivity index (χ1n) is 6.04. The average molecular weight is 208 g/mol. The van der Waals surface area contributed by atoms with Crippen molar-refractivity contribution >= 4 is 0 Å². The Morgan fingerprint density at radius 1 is 1.33 bits per heavy atom. The second-order valence-corrected chi connectivity index (χ2v) is 4.91. The molecule has 0 unspecified atom stereocenters. The molecule has 1 saturated carbocycles. The van der Waals surface area contributed by atoms with Crippen molar-refractivity contribution in [1.82, 2.24) is 5.32 Å². The molecular formula is C12H20N2O. The third-order valence-corrected chi connectivity index (χ3v) is 3.62. The smallest absolute Gasteiger partial charge is 0.0703 e. The minimum Gasteiger partial charge on any atom is -0.381 e. The lowest BCUT2D eigenvalue weighted by Gasteiger charge is -2.22. The second kappa shape index (κ2) is 4.96. The number of ether oxygens (including phenoxy) is 1. The van der Waals surface area contributed by atoms with Crippen LogP contribution >= 0.6 is 0 Å². The Kier molecular flexibility index (Phi) is 3.61. The van der Waals surface area contributed by atoms with Crippen LogP contribution in [0.15, 0.2) is 0 Å². The lowest BCUT2D eigenvalue weighted by atomic mass is 9.96. The van der Waals surface area contributed by atoms with Gasteiger partial charge < -0.3 is 10.1 Å². The molecular weight excluding hydrogens is 188 g/mol. The highest BCUT2D eigenvalue weighted by Crippen LogP contribution is 2.43. The van der Waals surface area contributed by atoms with E-state index in [-0.39, 0.29) is 5.41 Å². The molecule has 0 spiro atoms. The summed E-state index contributed by atoms with van der Waals surface area (Å²) >= 11 is 0. The van der Waals surface area contributed by atoms with E-state index in [1.165, 1.54) is 19.3 Å². The lowest BCUT2D eigenvalue weighted by molar-refractivity contribution is 0.0639. The van der Waals surface area contributed by atoms with Gasteiger partial charge in [-0.1, -0.05) is 0 Å². The van der Waals surface area contributed by atoms with Crippen molar-refractivity contribution in [2.45, 2.75) is 32.1 Å². The van der Waals surface area contributed by atoms with Crippen molar-refractivity contribution in [1.29, 1.82) is 5.26 Å². The number of hydrogen-bond acceptors (Lipinski definition) is 3. The van der Waals surface area contributed by atoms with Crippen LogP contribution in [0.2, 0.25) is 0 Å². The van der Waals surface area contributed by atoms with Gasteiger partial charge in [0.25, 0.3) is 0 Å². The summed E-state index contributed by atoms with van der Waals surface area (Å²) in [7, 11) is 0. The zero-order valence-electron chi connectivity index (χ0n) is 9.30. The zero-order chi connectivity index (χ0) is 10.6. The Morgan fingerprint density at radius 3 is 2.67 bits per heavy atom. The first-order chi connectivity index (χ1) is 7.35. The quantitative estimate of drug-likeness (QED) is 0.699. The topological polar surface area (TPSA) is 45.0 Å². The van der Waals surface area contributed by atoms with Crippen LogP contribution in [0.1, 0.15) is 32.1 Å². The summed E-state index contributed by atoms with van der Waals surface area (Å²) in [4.78, 5) is 0. The van der Waals surface area contributed by atoms with Gasteiger partial charge in [0.1, 0.15) is 0 Å². The van der Waals surface area contributed by atoms with E-state index in [4.69, 9.17) is 10.00 Å². The molecule has 1 aliphatic heterocycles. The molecule has 0 aromatic carbocycles. The lowest BCUT2D eigenvalue weighted by Crippen LogP contribution is -2.27. The van der Waals surface area contributed by atoms with Crippen molar-refractivity contribution in [3.05, 3.63) is 0 Å². The number of nitriles is 1. The molecule has 0 aromatic rings. The Morgan fingerprint density at radius 2 is 2.07 bits per heavy atom. The largest absolute Gasteiger partial charge is 0.381 e.